The fourth-order valence-corrected chi connectivity index (χ4v) is 2.92. The second-order valence-electron chi connectivity index (χ2n) is 6.06. The van der Waals surface area contributed by atoms with Gasteiger partial charge in [-0.1, -0.05) is 29.5 Å². The maximum absolute atomic E-state index is 13.6. The fraction of sp³-hybridized carbons (Fsp3) is 0.118. The minimum Gasteiger partial charge on any atom is -0.423 e. The van der Waals surface area contributed by atoms with Gasteiger partial charge in [-0.15, -0.1) is 5.10 Å². The molecule has 1 aliphatic heterocycles. The Kier molecular flexibility index (Phi) is 4.40. The van der Waals surface area contributed by atoms with Gasteiger partial charge in [0.2, 0.25) is 0 Å². The third kappa shape index (κ3) is 3.25. The molecule has 1 aliphatic rings. The molecule has 28 heavy (non-hydrogen) atoms. The van der Waals surface area contributed by atoms with E-state index in [1.165, 1.54) is 24.3 Å². The van der Waals surface area contributed by atoms with Crippen LogP contribution in [0.3, 0.4) is 0 Å². The van der Waals surface area contributed by atoms with E-state index in [0.717, 1.165) is 5.56 Å². The maximum Gasteiger partial charge on any atom is 0.491 e. The smallest absolute Gasteiger partial charge is 0.423 e. The molecular formula is C17H12BF3N4O3. The number of hydrogen-bond donors (Lipinski definition) is 2. The van der Waals surface area contributed by atoms with Crippen molar-refractivity contribution >= 4 is 24.2 Å². The fourth-order valence-electron chi connectivity index (χ4n) is 2.92. The number of alkyl halides is 3. The van der Waals surface area contributed by atoms with Crippen molar-refractivity contribution in [1.82, 2.24) is 15.0 Å². The number of rotatable bonds is 3. The van der Waals surface area contributed by atoms with Crippen molar-refractivity contribution < 1.29 is 27.6 Å². The predicted molar refractivity (Wildman–Crippen MR) is 93.2 cm³/mol. The quantitative estimate of drug-likeness (QED) is 0.668. The topological polar surface area (TPSA) is 89.3 Å². The summed E-state index contributed by atoms with van der Waals surface area (Å²) >= 11 is 0. The van der Waals surface area contributed by atoms with E-state index in [-0.39, 0.29) is 18.0 Å². The molecule has 2 N–H and O–H groups in total. The molecule has 4 rings (SSSR count). The van der Waals surface area contributed by atoms with Crippen molar-refractivity contribution in [2.75, 3.05) is 5.32 Å². The summed E-state index contributed by atoms with van der Waals surface area (Å²) in [5.74, 6) is -1.07. The van der Waals surface area contributed by atoms with Crippen molar-refractivity contribution in [2.45, 2.75) is 12.8 Å². The molecule has 2 heterocycles. The Morgan fingerprint density at radius 1 is 1.21 bits per heavy atom. The molecule has 1 aromatic heterocycles. The molecule has 0 aliphatic carbocycles. The lowest BCUT2D eigenvalue weighted by molar-refractivity contribution is -0.143. The number of para-hydroxylation sites is 1. The van der Waals surface area contributed by atoms with Crippen LogP contribution in [0.4, 0.5) is 18.9 Å². The first-order valence-corrected chi connectivity index (χ1v) is 8.17. The number of amides is 1. The average molecular weight is 388 g/mol. The summed E-state index contributed by atoms with van der Waals surface area (Å²) < 4.78 is 46.5. The van der Waals surface area contributed by atoms with E-state index >= 15 is 0 Å². The minimum atomic E-state index is -4.85. The number of nitrogens with one attached hydrogen (secondary N) is 1. The molecule has 1 amide bonds. The van der Waals surface area contributed by atoms with E-state index in [0.29, 0.717) is 10.1 Å². The molecule has 0 radical (unpaired) electrons. The van der Waals surface area contributed by atoms with E-state index < -0.39 is 30.6 Å². The van der Waals surface area contributed by atoms with E-state index in [2.05, 4.69) is 15.6 Å². The monoisotopic (exact) mass is 388 g/mol. The molecule has 0 unspecified atom stereocenters. The molecule has 11 heteroatoms. The molecule has 3 aromatic rings. The van der Waals surface area contributed by atoms with Crippen LogP contribution in [0.15, 0.2) is 48.5 Å². The molecule has 7 nitrogen and oxygen atoms in total. The molecular weight excluding hydrogens is 376 g/mol. The lowest BCUT2D eigenvalue weighted by Gasteiger charge is -2.11. The van der Waals surface area contributed by atoms with E-state index in [9.17, 15) is 23.0 Å². The second-order valence-corrected chi connectivity index (χ2v) is 6.06. The van der Waals surface area contributed by atoms with Crippen molar-refractivity contribution in [3.05, 3.63) is 65.5 Å². The zero-order chi connectivity index (χ0) is 19.9. The summed E-state index contributed by atoms with van der Waals surface area (Å²) in [6.07, 6.45) is -4.85. The minimum absolute atomic E-state index is 0.124. The Morgan fingerprint density at radius 3 is 2.68 bits per heavy atom. The van der Waals surface area contributed by atoms with Gasteiger partial charge in [0.05, 0.1) is 12.3 Å². The Balaban J connectivity index is 1.69. The van der Waals surface area contributed by atoms with E-state index in [4.69, 9.17) is 4.65 Å². The van der Waals surface area contributed by atoms with Crippen molar-refractivity contribution in [3.8, 4) is 5.69 Å². The van der Waals surface area contributed by atoms with Gasteiger partial charge in [-0.05, 0) is 35.3 Å². The predicted octanol–water partition coefficient (Wildman–Crippen LogP) is 1.76. The SMILES string of the molecule is O=C(Nc1ccc2c(c1)B(O)OC2)c1nnn(-c2ccccc2)c1C(F)(F)F. The lowest BCUT2D eigenvalue weighted by Crippen LogP contribution is -2.28. The molecule has 0 saturated carbocycles. The van der Waals surface area contributed by atoms with E-state index in [1.54, 1.807) is 24.3 Å². The number of hydrogen-bond acceptors (Lipinski definition) is 5. The van der Waals surface area contributed by atoms with Crippen LogP contribution in [-0.4, -0.2) is 33.0 Å². The summed E-state index contributed by atoms with van der Waals surface area (Å²) in [7, 11) is -1.14. The van der Waals surface area contributed by atoms with Crippen LogP contribution in [0.25, 0.3) is 5.69 Å². The Bertz CT molecular complexity index is 1040. The number of carbonyl (C=O) groups is 1. The Morgan fingerprint density at radius 2 is 1.96 bits per heavy atom. The maximum atomic E-state index is 13.6. The summed E-state index contributed by atoms with van der Waals surface area (Å²) in [5, 5.41) is 19.1. The number of nitrogens with zero attached hydrogens (tertiary/aromatic N) is 3. The molecule has 0 bridgehead atoms. The number of aromatic nitrogens is 3. The van der Waals surface area contributed by atoms with Crippen molar-refractivity contribution in [2.24, 2.45) is 0 Å². The van der Waals surface area contributed by atoms with Gasteiger partial charge < -0.3 is 15.0 Å². The van der Waals surface area contributed by atoms with Crippen molar-refractivity contribution in [1.29, 1.82) is 0 Å². The van der Waals surface area contributed by atoms with E-state index in [1.807, 2.05) is 0 Å². The number of carbonyl (C=O) groups excluding carboxylic acids is 1. The highest BCUT2D eigenvalue weighted by atomic mass is 19.4. The van der Waals surface area contributed by atoms with Crippen LogP contribution < -0.4 is 10.8 Å². The van der Waals surface area contributed by atoms with Crippen LogP contribution in [0.2, 0.25) is 0 Å². The standard InChI is InChI=1S/C17H12BF3N4O3/c19-17(20,21)15-14(23-24-25(15)12-4-2-1-3-5-12)16(26)22-11-7-6-10-9-28-18(27)13(10)8-11/h1-8,27H,9H2,(H,22,26). The summed E-state index contributed by atoms with van der Waals surface area (Å²) in [4.78, 5) is 12.5. The Labute approximate surface area is 156 Å². The van der Waals surface area contributed by atoms with Crippen molar-refractivity contribution in [3.63, 3.8) is 0 Å². The molecule has 2 aromatic carbocycles. The normalized spacial score (nSPS) is 13.5. The summed E-state index contributed by atoms with van der Waals surface area (Å²) in [5.41, 5.74) is -0.623. The summed E-state index contributed by atoms with van der Waals surface area (Å²) in [6.45, 7) is 0.217. The highest BCUT2D eigenvalue weighted by molar-refractivity contribution is 6.61. The summed E-state index contributed by atoms with van der Waals surface area (Å²) in [6, 6.07) is 12.2. The largest absolute Gasteiger partial charge is 0.491 e. The zero-order valence-electron chi connectivity index (χ0n) is 14.1. The van der Waals surface area contributed by atoms with Crippen LogP contribution in [0.5, 0.6) is 0 Å². The molecule has 0 saturated heterocycles. The second kappa shape index (κ2) is 6.77. The first-order valence-electron chi connectivity index (χ1n) is 8.17. The van der Waals surface area contributed by atoms with Gasteiger partial charge in [0, 0.05) is 5.69 Å². The molecule has 142 valence electrons. The highest BCUT2D eigenvalue weighted by Crippen LogP contribution is 2.33. The molecule has 0 atom stereocenters. The number of benzene rings is 2. The average Bonchev–Trinajstić information content (AvgIpc) is 3.27. The Hall–Kier alpha value is -3.18. The van der Waals surface area contributed by atoms with Crippen LogP contribution in [0, 0.1) is 0 Å². The lowest BCUT2D eigenvalue weighted by atomic mass is 9.79. The third-order valence-corrected chi connectivity index (χ3v) is 4.22. The van der Waals surface area contributed by atoms with Gasteiger partial charge in [-0.2, -0.15) is 13.2 Å². The van der Waals surface area contributed by atoms with Gasteiger partial charge in [-0.25, -0.2) is 4.68 Å². The molecule has 0 fully saturated rings. The van der Waals surface area contributed by atoms with Gasteiger partial charge in [0.15, 0.2) is 11.4 Å². The zero-order valence-corrected chi connectivity index (χ0v) is 14.1. The molecule has 0 spiro atoms. The van der Waals surface area contributed by atoms with Gasteiger partial charge in [0.1, 0.15) is 0 Å². The van der Waals surface area contributed by atoms with Gasteiger partial charge >= 0.3 is 13.3 Å². The van der Waals surface area contributed by atoms with Gasteiger partial charge in [0.25, 0.3) is 5.91 Å². The van der Waals surface area contributed by atoms with Crippen LogP contribution in [-0.2, 0) is 17.4 Å². The third-order valence-electron chi connectivity index (χ3n) is 4.22. The number of halogens is 3. The highest BCUT2D eigenvalue weighted by Gasteiger charge is 2.42. The number of fused-ring (bicyclic) bond motifs is 1. The van der Waals surface area contributed by atoms with Crippen LogP contribution in [0.1, 0.15) is 21.7 Å². The number of anilines is 1. The first kappa shape index (κ1) is 18.2. The van der Waals surface area contributed by atoms with Gasteiger partial charge in [-0.3, -0.25) is 4.79 Å². The van der Waals surface area contributed by atoms with Crippen LogP contribution >= 0.6 is 0 Å². The first-order chi connectivity index (χ1) is 13.3.